The monoisotopic (exact) mass is 352 g/mol. The SMILES string of the molecule is COC(=O)C1(c2ccccc2)C(CO)N1N1C(=O)c2ccccc2C1=O. The second kappa shape index (κ2) is 5.76. The van der Waals surface area contributed by atoms with Gasteiger partial charge in [-0.15, -0.1) is 0 Å². The number of esters is 1. The molecule has 2 heterocycles. The average Bonchev–Trinajstić information content (AvgIpc) is 3.30. The summed E-state index contributed by atoms with van der Waals surface area (Å²) in [6, 6.07) is 14.4. The van der Waals surface area contributed by atoms with Gasteiger partial charge in [-0.2, -0.15) is 10.0 Å². The molecule has 7 heteroatoms. The molecule has 0 aromatic heterocycles. The summed E-state index contributed by atoms with van der Waals surface area (Å²) in [6.45, 7) is -0.419. The van der Waals surface area contributed by atoms with Crippen LogP contribution in [0.25, 0.3) is 0 Å². The maximum Gasteiger partial charge on any atom is 0.334 e. The lowest BCUT2D eigenvalue weighted by atomic mass is 9.95. The van der Waals surface area contributed by atoms with Gasteiger partial charge in [0.2, 0.25) is 0 Å². The highest BCUT2D eigenvalue weighted by atomic mass is 16.5. The Hall–Kier alpha value is -3.03. The molecule has 1 saturated heterocycles. The standard InChI is InChI=1S/C19H16N2O5/c1-26-18(25)19(12-7-3-2-4-8-12)15(11-22)21(19)20-16(23)13-9-5-6-10-14(13)17(20)24/h2-10,15,22H,11H2,1H3. The molecule has 2 aromatic carbocycles. The Bertz CT molecular complexity index is 878. The fraction of sp³-hybridized carbons (Fsp3) is 0.211. The normalized spacial score (nSPS) is 26.6. The zero-order chi connectivity index (χ0) is 18.5. The van der Waals surface area contributed by atoms with E-state index in [1.807, 2.05) is 0 Å². The quantitative estimate of drug-likeness (QED) is 0.501. The molecule has 2 aliphatic rings. The number of hydrogen-bond acceptors (Lipinski definition) is 6. The van der Waals surface area contributed by atoms with Crippen molar-refractivity contribution in [2.24, 2.45) is 0 Å². The minimum absolute atomic E-state index is 0.271. The molecule has 2 aliphatic heterocycles. The molecule has 1 fully saturated rings. The van der Waals surface area contributed by atoms with Crippen molar-refractivity contribution in [1.82, 2.24) is 10.0 Å². The number of aliphatic hydroxyl groups is 1. The third-order valence-electron chi connectivity index (χ3n) is 4.94. The molecule has 0 aliphatic carbocycles. The number of hydrogen-bond donors (Lipinski definition) is 1. The van der Waals surface area contributed by atoms with Crippen LogP contribution in [-0.4, -0.2) is 52.7 Å². The molecule has 7 nitrogen and oxygen atoms in total. The molecular formula is C19H16N2O5. The first-order valence-corrected chi connectivity index (χ1v) is 8.10. The molecule has 0 saturated carbocycles. The van der Waals surface area contributed by atoms with Gasteiger partial charge in [0.15, 0.2) is 5.54 Å². The molecule has 0 spiro atoms. The Balaban J connectivity index is 1.83. The van der Waals surface area contributed by atoms with Gasteiger partial charge in [0.1, 0.15) is 0 Å². The average molecular weight is 352 g/mol. The van der Waals surface area contributed by atoms with E-state index in [2.05, 4.69) is 0 Å². The number of benzene rings is 2. The van der Waals surface area contributed by atoms with Crippen LogP contribution in [0.5, 0.6) is 0 Å². The molecule has 0 bridgehead atoms. The lowest BCUT2D eigenvalue weighted by Gasteiger charge is -2.21. The van der Waals surface area contributed by atoms with E-state index in [9.17, 15) is 19.5 Å². The molecule has 3 atom stereocenters. The number of nitrogens with zero attached hydrogens (tertiary/aromatic N) is 2. The number of hydrazine groups is 1. The number of fused-ring (bicyclic) bond motifs is 1. The lowest BCUT2D eigenvalue weighted by Crippen LogP contribution is -2.41. The van der Waals surface area contributed by atoms with E-state index in [0.29, 0.717) is 5.56 Å². The number of amides is 2. The molecule has 4 rings (SSSR count). The van der Waals surface area contributed by atoms with Crippen LogP contribution in [0.2, 0.25) is 0 Å². The van der Waals surface area contributed by atoms with Gasteiger partial charge in [0.25, 0.3) is 11.8 Å². The molecule has 3 unspecified atom stereocenters. The topological polar surface area (TPSA) is 86.9 Å². The summed E-state index contributed by atoms with van der Waals surface area (Å²) < 4.78 is 4.96. The number of carbonyl (C=O) groups is 3. The van der Waals surface area contributed by atoms with Gasteiger partial charge in [0.05, 0.1) is 30.9 Å². The van der Waals surface area contributed by atoms with E-state index in [4.69, 9.17) is 4.74 Å². The van der Waals surface area contributed by atoms with E-state index < -0.39 is 36.0 Å². The smallest absolute Gasteiger partial charge is 0.334 e. The van der Waals surface area contributed by atoms with Crippen LogP contribution in [0, 0.1) is 0 Å². The highest BCUT2D eigenvalue weighted by molar-refractivity contribution is 6.21. The highest BCUT2D eigenvalue weighted by Gasteiger charge is 2.74. The van der Waals surface area contributed by atoms with Crippen LogP contribution in [0.1, 0.15) is 26.3 Å². The predicted octanol–water partition coefficient (Wildman–Crippen LogP) is 0.943. The molecule has 0 radical (unpaired) electrons. The van der Waals surface area contributed by atoms with Crippen molar-refractivity contribution in [1.29, 1.82) is 0 Å². The summed E-state index contributed by atoms with van der Waals surface area (Å²) >= 11 is 0. The second-order valence-corrected chi connectivity index (χ2v) is 6.13. The van der Waals surface area contributed by atoms with Crippen LogP contribution in [0.4, 0.5) is 0 Å². The van der Waals surface area contributed by atoms with Gasteiger partial charge < -0.3 is 9.84 Å². The number of carbonyl (C=O) groups excluding carboxylic acids is 3. The largest absolute Gasteiger partial charge is 0.467 e. The molecule has 2 aromatic rings. The first-order valence-electron chi connectivity index (χ1n) is 8.10. The minimum Gasteiger partial charge on any atom is -0.467 e. The summed E-state index contributed by atoms with van der Waals surface area (Å²) in [5.41, 5.74) is -0.332. The van der Waals surface area contributed by atoms with Gasteiger partial charge >= 0.3 is 5.97 Å². The fourth-order valence-corrected chi connectivity index (χ4v) is 3.73. The Morgan fingerprint density at radius 3 is 2.08 bits per heavy atom. The predicted molar refractivity (Wildman–Crippen MR) is 89.8 cm³/mol. The summed E-state index contributed by atoms with van der Waals surface area (Å²) in [5, 5.41) is 12.1. The number of ether oxygens (including phenoxy) is 1. The molecule has 26 heavy (non-hydrogen) atoms. The van der Waals surface area contributed by atoms with E-state index in [1.54, 1.807) is 54.6 Å². The summed E-state index contributed by atoms with van der Waals surface area (Å²) in [5.74, 6) is -1.68. The Morgan fingerprint density at radius 1 is 1.04 bits per heavy atom. The molecule has 1 N–H and O–H groups in total. The lowest BCUT2D eigenvalue weighted by molar-refractivity contribution is -0.146. The van der Waals surface area contributed by atoms with Gasteiger partial charge in [-0.1, -0.05) is 42.5 Å². The zero-order valence-electron chi connectivity index (χ0n) is 14.0. The first kappa shape index (κ1) is 16.4. The first-order chi connectivity index (χ1) is 12.6. The number of aliphatic hydroxyl groups excluding tert-OH is 1. The fourth-order valence-electron chi connectivity index (χ4n) is 3.73. The van der Waals surface area contributed by atoms with Crippen molar-refractivity contribution in [2.75, 3.05) is 13.7 Å². The molecule has 2 amide bonds. The Kier molecular flexibility index (Phi) is 3.64. The summed E-state index contributed by atoms with van der Waals surface area (Å²) in [7, 11) is 1.24. The summed E-state index contributed by atoms with van der Waals surface area (Å²) in [6.07, 6.45) is 0. The van der Waals surface area contributed by atoms with E-state index in [-0.39, 0.29) is 11.1 Å². The van der Waals surface area contributed by atoms with Crippen molar-refractivity contribution < 1.29 is 24.2 Å². The molecule has 132 valence electrons. The van der Waals surface area contributed by atoms with Crippen LogP contribution in [-0.2, 0) is 15.1 Å². The third kappa shape index (κ3) is 1.92. The van der Waals surface area contributed by atoms with Crippen LogP contribution in [0.15, 0.2) is 54.6 Å². The van der Waals surface area contributed by atoms with Crippen molar-refractivity contribution in [3.63, 3.8) is 0 Å². The number of rotatable bonds is 4. The Labute approximate surface area is 149 Å². The second-order valence-electron chi connectivity index (χ2n) is 6.13. The molecular weight excluding hydrogens is 336 g/mol. The van der Waals surface area contributed by atoms with Crippen LogP contribution >= 0.6 is 0 Å². The van der Waals surface area contributed by atoms with Gasteiger partial charge in [-0.25, -0.2) is 4.79 Å². The van der Waals surface area contributed by atoms with Gasteiger partial charge in [-0.3, -0.25) is 9.59 Å². The zero-order valence-corrected chi connectivity index (χ0v) is 14.0. The van der Waals surface area contributed by atoms with Crippen molar-refractivity contribution in [3.8, 4) is 0 Å². The van der Waals surface area contributed by atoms with Crippen molar-refractivity contribution in [3.05, 3.63) is 71.3 Å². The van der Waals surface area contributed by atoms with E-state index in [1.165, 1.54) is 12.1 Å². The highest BCUT2D eigenvalue weighted by Crippen LogP contribution is 2.53. The van der Waals surface area contributed by atoms with E-state index >= 15 is 0 Å². The third-order valence-corrected chi connectivity index (χ3v) is 4.94. The maximum absolute atomic E-state index is 12.8. The van der Waals surface area contributed by atoms with Crippen LogP contribution in [0.3, 0.4) is 0 Å². The maximum atomic E-state index is 12.8. The van der Waals surface area contributed by atoms with Crippen LogP contribution < -0.4 is 0 Å². The van der Waals surface area contributed by atoms with Crippen molar-refractivity contribution in [2.45, 2.75) is 11.6 Å². The van der Waals surface area contributed by atoms with Gasteiger partial charge in [0, 0.05) is 0 Å². The van der Waals surface area contributed by atoms with Gasteiger partial charge in [-0.05, 0) is 17.7 Å². The number of imide groups is 1. The Morgan fingerprint density at radius 2 is 1.58 bits per heavy atom. The van der Waals surface area contributed by atoms with Crippen molar-refractivity contribution >= 4 is 17.8 Å². The van der Waals surface area contributed by atoms with E-state index in [0.717, 1.165) is 5.01 Å². The number of methoxy groups -OCH3 is 1. The summed E-state index contributed by atoms with van der Waals surface area (Å²) in [4.78, 5) is 38.3. The minimum atomic E-state index is -1.42.